The molecule has 0 aliphatic carbocycles. The molecule has 3 heteroatoms. The van der Waals surface area contributed by atoms with Crippen molar-refractivity contribution in [2.24, 2.45) is 4.99 Å². The Morgan fingerprint density at radius 3 is 2.04 bits per heavy atom. The Hall–Kier alpha value is -1.73. The SMILES string of the molecule is CCCCCC(C(CCCC)=Nc1ccccc1)=[N+]([Ni])c1ccccc1. The van der Waals surface area contributed by atoms with Crippen LogP contribution in [0, 0.1) is 0 Å². The van der Waals surface area contributed by atoms with Crippen molar-refractivity contribution in [2.75, 3.05) is 0 Å². The minimum atomic E-state index is 0.972. The summed E-state index contributed by atoms with van der Waals surface area (Å²) >= 11 is 5.47. The summed E-state index contributed by atoms with van der Waals surface area (Å²) < 4.78 is 1.97. The molecule has 0 amide bonds. The van der Waals surface area contributed by atoms with Gasteiger partial charge in [0.05, 0.1) is 0 Å². The van der Waals surface area contributed by atoms with E-state index in [1.165, 1.54) is 18.6 Å². The van der Waals surface area contributed by atoms with E-state index >= 15 is 0 Å². The predicted octanol–water partition coefficient (Wildman–Crippen LogP) is 6.78. The fourth-order valence-corrected chi connectivity index (χ4v) is 3.24. The zero-order chi connectivity index (χ0) is 18.6. The number of nitrogens with zero attached hydrogens (tertiary/aromatic N) is 2. The van der Waals surface area contributed by atoms with Gasteiger partial charge in [-0.2, -0.15) is 0 Å². The standard InChI is InChI=1S/C23H30N2.Ni/c1-3-5-9-19-23(25-21-16-12-8-13-17-21)22(18-6-4-2)24-20-14-10-7-11-15-20;/h7-8,10-17H,3-6,9,18-19H2,1-2H3;/q;+1. The second-order valence-electron chi connectivity index (χ2n) is 6.49. The molecule has 0 spiro atoms. The van der Waals surface area contributed by atoms with Gasteiger partial charge in [0, 0.05) is 0 Å². The zero-order valence-corrected chi connectivity index (χ0v) is 16.9. The molecular formula is C23H30N2Ni+. The number of hydrogen-bond acceptors (Lipinski definition) is 1. The van der Waals surface area contributed by atoms with Crippen molar-refractivity contribution in [3.63, 3.8) is 0 Å². The zero-order valence-electron chi connectivity index (χ0n) is 15.9. The molecule has 0 unspecified atom stereocenters. The first-order valence-electron chi connectivity index (χ1n) is 9.73. The average Bonchev–Trinajstić information content (AvgIpc) is 2.70. The topological polar surface area (TPSA) is 15.4 Å². The summed E-state index contributed by atoms with van der Waals surface area (Å²) in [6.45, 7) is 4.46. The first kappa shape index (κ1) is 20.6. The van der Waals surface area contributed by atoms with Crippen molar-refractivity contribution in [2.45, 2.75) is 58.8 Å². The number of rotatable bonds is 10. The number of hydrogen-bond donors (Lipinski definition) is 0. The minimum absolute atomic E-state index is 0.972. The van der Waals surface area contributed by atoms with E-state index in [1.54, 1.807) is 0 Å². The van der Waals surface area contributed by atoms with E-state index in [1.807, 2.05) is 40.1 Å². The van der Waals surface area contributed by atoms with Crippen molar-refractivity contribution < 1.29 is 19.3 Å². The van der Waals surface area contributed by atoms with Crippen molar-refractivity contribution in [1.82, 2.24) is 0 Å². The molecule has 0 N–H and O–H groups in total. The first-order chi connectivity index (χ1) is 12.8. The van der Waals surface area contributed by atoms with Crippen LogP contribution in [0.2, 0.25) is 0 Å². The Balaban J connectivity index is 2.45. The summed E-state index contributed by atoms with van der Waals surface area (Å²) in [7, 11) is 0. The van der Waals surface area contributed by atoms with Gasteiger partial charge >= 0.3 is 167 Å². The van der Waals surface area contributed by atoms with Gasteiger partial charge in [-0.15, -0.1) is 0 Å². The van der Waals surface area contributed by atoms with Crippen LogP contribution in [0.5, 0.6) is 0 Å². The van der Waals surface area contributed by atoms with Crippen molar-refractivity contribution >= 4 is 22.8 Å². The quantitative estimate of drug-likeness (QED) is 0.240. The van der Waals surface area contributed by atoms with E-state index in [2.05, 4.69) is 38.1 Å². The molecule has 0 saturated heterocycles. The molecule has 0 aliphatic heterocycles. The molecule has 0 fully saturated rings. The van der Waals surface area contributed by atoms with Gasteiger partial charge in [0.2, 0.25) is 0 Å². The third-order valence-electron chi connectivity index (χ3n) is 4.32. The van der Waals surface area contributed by atoms with Crippen molar-refractivity contribution in [3.8, 4) is 0 Å². The molecular weight excluding hydrogens is 363 g/mol. The normalized spacial score (nSPS) is 12.8. The second-order valence-corrected chi connectivity index (χ2v) is 6.93. The summed E-state index contributed by atoms with van der Waals surface area (Å²) in [6.07, 6.45) is 7.82. The molecule has 141 valence electrons. The molecule has 0 bridgehead atoms. The van der Waals surface area contributed by atoms with Crippen molar-refractivity contribution in [1.29, 1.82) is 0 Å². The van der Waals surface area contributed by atoms with Gasteiger partial charge in [0.25, 0.3) is 0 Å². The Morgan fingerprint density at radius 1 is 0.808 bits per heavy atom. The van der Waals surface area contributed by atoms with E-state index in [-0.39, 0.29) is 0 Å². The van der Waals surface area contributed by atoms with E-state index in [0.29, 0.717) is 0 Å². The Kier molecular flexibility index (Phi) is 9.35. The van der Waals surface area contributed by atoms with Crippen LogP contribution in [0.3, 0.4) is 0 Å². The van der Waals surface area contributed by atoms with Gasteiger partial charge in [-0.05, 0) is 0 Å². The first-order valence-corrected chi connectivity index (χ1v) is 10.2. The van der Waals surface area contributed by atoms with Gasteiger partial charge in [0.15, 0.2) is 0 Å². The van der Waals surface area contributed by atoms with Crippen LogP contribution in [-0.4, -0.2) is 15.1 Å². The van der Waals surface area contributed by atoms with Gasteiger partial charge in [-0.3, -0.25) is 0 Å². The van der Waals surface area contributed by atoms with E-state index in [4.69, 9.17) is 20.7 Å². The maximum absolute atomic E-state index is 5.47. The van der Waals surface area contributed by atoms with Crippen LogP contribution in [0.15, 0.2) is 65.7 Å². The third kappa shape index (κ3) is 6.54. The Bertz CT molecular complexity index is 706. The van der Waals surface area contributed by atoms with Gasteiger partial charge < -0.3 is 0 Å². The van der Waals surface area contributed by atoms with Gasteiger partial charge in [-0.1, -0.05) is 0 Å². The molecule has 2 nitrogen and oxygen atoms in total. The average molecular weight is 393 g/mol. The molecule has 2 rings (SSSR count). The Labute approximate surface area is 166 Å². The third-order valence-corrected chi connectivity index (χ3v) is 4.85. The van der Waals surface area contributed by atoms with Gasteiger partial charge in [-0.25, -0.2) is 0 Å². The fraction of sp³-hybridized carbons (Fsp3) is 0.391. The number of benzene rings is 2. The van der Waals surface area contributed by atoms with Crippen LogP contribution < -0.4 is 0 Å². The molecule has 0 heterocycles. The summed E-state index contributed by atoms with van der Waals surface area (Å²) in [5.74, 6) is 0. The van der Waals surface area contributed by atoms with E-state index < -0.39 is 0 Å². The predicted molar refractivity (Wildman–Crippen MR) is 109 cm³/mol. The second kappa shape index (κ2) is 11.8. The van der Waals surface area contributed by atoms with E-state index in [0.717, 1.165) is 49.2 Å². The molecule has 0 atom stereocenters. The Morgan fingerprint density at radius 2 is 1.42 bits per heavy atom. The number of para-hydroxylation sites is 2. The molecule has 0 saturated carbocycles. The summed E-state index contributed by atoms with van der Waals surface area (Å²) in [6, 6.07) is 20.5. The summed E-state index contributed by atoms with van der Waals surface area (Å²) in [5.41, 5.74) is 4.41. The summed E-state index contributed by atoms with van der Waals surface area (Å²) in [5, 5.41) is 0. The number of aliphatic imine (C=N–C) groups is 1. The van der Waals surface area contributed by atoms with Crippen LogP contribution in [0.25, 0.3) is 0 Å². The molecule has 2 aromatic rings. The molecule has 0 radical (unpaired) electrons. The molecule has 0 aromatic heterocycles. The fourth-order valence-electron chi connectivity index (χ4n) is 2.86. The van der Waals surface area contributed by atoms with Crippen LogP contribution in [0.4, 0.5) is 11.4 Å². The monoisotopic (exact) mass is 392 g/mol. The van der Waals surface area contributed by atoms with Crippen LogP contribution in [0.1, 0.15) is 58.8 Å². The molecule has 26 heavy (non-hydrogen) atoms. The van der Waals surface area contributed by atoms with Crippen LogP contribution >= 0.6 is 0 Å². The summed E-state index contributed by atoms with van der Waals surface area (Å²) in [4.78, 5) is 5.00. The molecule has 0 aliphatic rings. The van der Waals surface area contributed by atoms with Crippen molar-refractivity contribution in [3.05, 3.63) is 60.7 Å². The maximum atomic E-state index is 5.47. The van der Waals surface area contributed by atoms with E-state index in [9.17, 15) is 0 Å². The molecule has 2 aromatic carbocycles. The van der Waals surface area contributed by atoms with Crippen LogP contribution in [-0.2, 0) is 15.7 Å². The number of unbranched alkanes of at least 4 members (excludes halogenated alkanes) is 3. The van der Waals surface area contributed by atoms with Gasteiger partial charge in [0.1, 0.15) is 0 Å².